The first-order valence-corrected chi connectivity index (χ1v) is 6.97. The zero-order valence-electron chi connectivity index (χ0n) is 10.4. The van der Waals surface area contributed by atoms with Crippen LogP contribution in [-0.4, -0.2) is 22.8 Å². The second-order valence-corrected chi connectivity index (χ2v) is 4.36. The van der Waals surface area contributed by atoms with Crippen LogP contribution in [-0.2, 0) is 6.54 Å². The van der Waals surface area contributed by atoms with Crippen LogP contribution >= 0.6 is 11.8 Å². The lowest BCUT2D eigenvalue weighted by Crippen LogP contribution is -2.05. The number of furan rings is 1. The summed E-state index contributed by atoms with van der Waals surface area (Å²) in [6.45, 7) is 3.49. The molecule has 0 saturated carbocycles. The Balaban J connectivity index is 2.08. The first kappa shape index (κ1) is 12.8. The third kappa shape index (κ3) is 3.40. The van der Waals surface area contributed by atoms with Gasteiger partial charge in [-0.25, -0.2) is 9.97 Å². The maximum absolute atomic E-state index is 5.26. The first-order valence-electron chi connectivity index (χ1n) is 5.75. The molecule has 0 amide bonds. The SMILES string of the molecule is CCNc1cc(NCc2ccco2)nc(SC)n1. The number of aromatic nitrogens is 2. The van der Waals surface area contributed by atoms with Gasteiger partial charge in [-0.15, -0.1) is 0 Å². The van der Waals surface area contributed by atoms with E-state index in [1.165, 1.54) is 11.8 Å². The fraction of sp³-hybridized carbons (Fsp3) is 0.333. The average Bonchev–Trinajstić information content (AvgIpc) is 2.89. The van der Waals surface area contributed by atoms with E-state index in [2.05, 4.69) is 20.6 Å². The van der Waals surface area contributed by atoms with Crippen molar-refractivity contribution in [2.24, 2.45) is 0 Å². The van der Waals surface area contributed by atoms with Gasteiger partial charge in [-0.05, 0) is 25.3 Å². The molecule has 0 aliphatic carbocycles. The van der Waals surface area contributed by atoms with Crippen LogP contribution in [0, 0.1) is 0 Å². The van der Waals surface area contributed by atoms with Crippen LogP contribution in [0.3, 0.4) is 0 Å². The van der Waals surface area contributed by atoms with E-state index in [0.29, 0.717) is 6.54 Å². The van der Waals surface area contributed by atoms with Crippen molar-refractivity contribution in [1.82, 2.24) is 9.97 Å². The van der Waals surface area contributed by atoms with E-state index in [9.17, 15) is 0 Å². The molecule has 18 heavy (non-hydrogen) atoms. The molecule has 0 radical (unpaired) electrons. The Labute approximate surface area is 110 Å². The number of thioether (sulfide) groups is 1. The van der Waals surface area contributed by atoms with Crippen LogP contribution in [0.1, 0.15) is 12.7 Å². The smallest absolute Gasteiger partial charge is 0.191 e. The van der Waals surface area contributed by atoms with E-state index < -0.39 is 0 Å². The molecule has 0 fully saturated rings. The van der Waals surface area contributed by atoms with Gasteiger partial charge in [0, 0.05) is 12.6 Å². The third-order valence-electron chi connectivity index (χ3n) is 2.27. The normalized spacial score (nSPS) is 10.3. The summed E-state index contributed by atoms with van der Waals surface area (Å²) in [4.78, 5) is 8.76. The van der Waals surface area contributed by atoms with Gasteiger partial charge in [-0.1, -0.05) is 11.8 Å². The summed E-state index contributed by atoms with van der Waals surface area (Å²) in [5, 5.41) is 7.16. The van der Waals surface area contributed by atoms with E-state index in [1.807, 2.05) is 31.4 Å². The predicted molar refractivity (Wildman–Crippen MR) is 74.0 cm³/mol. The lowest BCUT2D eigenvalue weighted by Gasteiger charge is -2.08. The molecule has 0 atom stereocenters. The summed E-state index contributed by atoms with van der Waals surface area (Å²) >= 11 is 1.52. The molecule has 0 aliphatic heterocycles. The highest BCUT2D eigenvalue weighted by Gasteiger charge is 2.04. The van der Waals surface area contributed by atoms with E-state index in [1.54, 1.807) is 6.26 Å². The van der Waals surface area contributed by atoms with Crippen molar-refractivity contribution in [1.29, 1.82) is 0 Å². The molecule has 0 aliphatic rings. The Hall–Kier alpha value is -1.69. The van der Waals surface area contributed by atoms with E-state index in [0.717, 1.165) is 29.1 Å². The standard InChI is InChI=1S/C12H16N4OS/c1-3-13-10-7-11(16-12(15-10)18-2)14-8-9-5-4-6-17-9/h4-7H,3,8H2,1-2H3,(H2,13,14,15,16). The molecular formula is C12H16N4OS. The third-order valence-corrected chi connectivity index (χ3v) is 2.82. The summed E-state index contributed by atoms with van der Waals surface area (Å²) in [6, 6.07) is 5.69. The topological polar surface area (TPSA) is 63.0 Å². The fourth-order valence-electron chi connectivity index (χ4n) is 1.47. The average molecular weight is 264 g/mol. The van der Waals surface area contributed by atoms with Gasteiger partial charge in [0.05, 0.1) is 12.8 Å². The minimum absolute atomic E-state index is 0.614. The molecule has 0 saturated heterocycles. The largest absolute Gasteiger partial charge is 0.467 e. The van der Waals surface area contributed by atoms with Crippen molar-refractivity contribution >= 4 is 23.4 Å². The Bertz CT molecular complexity index is 487. The number of rotatable bonds is 6. The molecule has 96 valence electrons. The highest BCUT2D eigenvalue weighted by atomic mass is 32.2. The van der Waals surface area contributed by atoms with Crippen LogP contribution in [0.2, 0.25) is 0 Å². The van der Waals surface area contributed by atoms with Gasteiger partial charge in [0.2, 0.25) is 0 Å². The molecule has 2 rings (SSSR count). The van der Waals surface area contributed by atoms with Crippen LogP contribution < -0.4 is 10.6 Å². The molecular weight excluding hydrogens is 248 g/mol. The Morgan fingerprint density at radius 2 is 2.06 bits per heavy atom. The number of anilines is 2. The summed E-state index contributed by atoms with van der Waals surface area (Å²) < 4.78 is 5.26. The molecule has 6 heteroatoms. The summed E-state index contributed by atoms with van der Waals surface area (Å²) in [7, 11) is 0. The lowest BCUT2D eigenvalue weighted by molar-refractivity contribution is 0.517. The molecule has 5 nitrogen and oxygen atoms in total. The highest BCUT2D eigenvalue weighted by Crippen LogP contribution is 2.17. The number of nitrogens with zero attached hydrogens (tertiary/aromatic N) is 2. The van der Waals surface area contributed by atoms with E-state index >= 15 is 0 Å². The lowest BCUT2D eigenvalue weighted by atomic mass is 10.4. The molecule has 0 aromatic carbocycles. The number of hydrogen-bond donors (Lipinski definition) is 2. The van der Waals surface area contributed by atoms with Gasteiger partial charge in [0.1, 0.15) is 17.4 Å². The van der Waals surface area contributed by atoms with Crippen molar-refractivity contribution in [2.45, 2.75) is 18.6 Å². The van der Waals surface area contributed by atoms with Gasteiger partial charge in [0.15, 0.2) is 5.16 Å². The molecule has 0 bridgehead atoms. The second-order valence-electron chi connectivity index (χ2n) is 3.59. The van der Waals surface area contributed by atoms with Gasteiger partial charge < -0.3 is 15.1 Å². The fourth-order valence-corrected chi connectivity index (χ4v) is 1.85. The zero-order valence-corrected chi connectivity index (χ0v) is 11.3. The first-order chi connectivity index (χ1) is 8.81. The Kier molecular flexibility index (Phi) is 4.46. The van der Waals surface area contributed by atoms with Crippen LogP contribution in [0.4, 0.5) is 11.6 Å². The zero-order chi connectivity index (χ0) is 12.8. The maximum atomic E-state index is 5.26. The van der Waals surface area contributed by atoms with E-state index in [-0.39, 0.29) is 0 Å². The van der Waals surface area contributed by atoms with Crippen molar-refractivity contribution in [2.75, 3.05) is 23.4 Å². The van der Waals surface area contributed by atoms with Gasteiger partial charge in [-0.3, -0.25) is 0 Å². The van der Waals surface area contributed by atoms with Crippen LogP contribution in [0.15, 0.2) is 34.0 Å². The molecule has 2 heterocycles. The molecule has 2 aromatic rings. The highest BCUT2D eigenvalue weighted by molar-refractivity contribution is 7.98. The van der Waals surface area contributed by atoms with Crippen molar-refractivity contribution in [3.8, 4) is 0 Å². The monoisotopic (exact) mass is 264 g/mol. The molecule has 0 spiro atoms. The second kappa shape index (κ2) is 6.30. The Morgan fingerprint density at radius 3 is 2.67 bits per heavy atom. The van der Waals surface area contributed by atoms with Crippen LogP contribution in [0.25, 0.3) is 0 Å². The number of nitrogens with one attached hydrogen (secondary N) is 2. The molecule has 2 N–H and O–H groups in total. The summed E-state index contributed by atoms with van der Waals surface area (Å²) in [5.74, 6) is 2.50. The van der Waals surface area contributed by atoms with Crippen molar-refractivity contribution < 1.29 is 4.42 Å². The van der Waals surface area contributed by atoms with Crippen LogP contribution in [0.5, 0.6) is 0 Å². The Morgan fingerprint density at radius 1 is 1.28 bits per heavy atom. The van der Waals surface area contributed by atoms with E-state index in [4.69, 9.17) is 4.42 Å². The number of hydrogen-bond acceptors (Lipinski definition) is 6. The minimum Gasteiger partial charge on any atom is -0.467 e. The predicted octanol–water partition coefficient (Wildman–Crippen LogP) is 2.84. The quantitative estimate of drug-likeness (QED) is 0.618. The maximum Gasteiger partial charge on any atom is 0.191 e. The van der Waals surface area contributed by atoms with Gasteiger partial charge in [0.25, 0.3) is 0 Å². The van der Waals surface area contributed by atoms with Gasteiger partial charge in [-0.2, -0.15) is 0 Å². The molecule has 0 unspecified atom stereocenters. The van der Waals surface area contributed by atoms with Gasteiger partial charge >= 0.3 is 0 Å². The minimum atomic E-state index is 0.614. The summed E-state index contributed by atoms with van der Waals surface area (Å²) in [6.07, 6.45) is 3.62. The summed E-state index contributed by atoms with van der Waals surface area (Å²) in [5.41, 5.74) is 0. The van der Waals surface area contributed by atoms with Crippen molar-refractivity contribution in [3.05, 3.63) is 30.2 Å². The molecule has 2 aromatic heterocycles. The van der Waals surface area contributed by atoms with Crippen molar-refractivity contribution in [3.63, 3.8) is 0 Å².